The molecule has 1 aromatic carbocycles. The van der Waals surface area contributed by atoms with Crippen LogP contribution in [-0.4, -0.2) is 22.6 Å². The Morgan fingerprint density at radius 2 is 2.11 bits per heavy atom. The van der Waals surface area contributed by atoms with Gasteiger partial charge in [0.05, 0.1) is 11.0 Å². The van der Waals surface area contributed by atoms with Crippen LogP contribution in [0, 0.1) is 0 Å². The maximum absolute atomic E-state index is 4.70. The van der Waals surface area contributed by atoms with E-state index in [4.69, 9.17) is 4.98 Å². The van der Waals surface area contributed by atoms with Crippen LogP contribution in [0.5, 0.6) is 0 Å². The quantitative estimate of drug-likeness (QED) is 0.848. The Labute approximate surface area is 109 Å². The first-order chi connectivity index (χ1) is 8.76. The zero-order chi connectivity index (χ0) is 13.0. The third-order valence-electron chi connectivity index (χ3n) is 3.73. The molecule has 0 bridgehead atoms. The molecular formula is C15H23N3. The van der Waals surface area contributed by atoms with Gasteiger partial charge in [-0.3, -0.25) is 0 Å². The van der Waals surface area contributed by atoms with E-state index in [9.17, 15) is 0 Å². The van der Waals surface area contributed by atoms with Crippen molar-refractivity contribution in [2.75, 3.05) is 7.05 Å². The lowest BCUT2D eigenvalue weighted by atomic mass is 10.1. The zero-order valence-electron chi connectivity index (χ0n) is 11.6. The Morgan fingerprint density at radius 1 is 1.33 bits per heavy atom. The van der Waals surface area contributed by atoms with Gasteiger partial charge in [0.2, 0.25) is 0 Å². The van der Waals surface area contributed by atoms with Gasteiger partial charge in [-0.25, -0.2) is 4.98 Å². The van der Waals surface area contributed by atoms with Crippen molar-refractivity contribution in [3.05, 3.63) is 30.1 Å². The summed E-state index contributed by atoms with van der Waals surface area (Å²) in [6, 6.07) is 8.98. The Kier molecular flexibility index (Phi) is 4.37. The molecule has 0 aliphatic heterocycles. The van der Waals surface area contributed by atoms with Crippen LogP contribution in [0.3, 0.4) is 0 Å². The van der Waals surface area contributed by atoms with Crippen LogP contribution >= 0.6 is 0 Å². The van der Waals surface area contributed by atoms with E-state index in [-0.39, 0.29) is 0 Å². The third-order valence-corrected chi connectivity index (χ3v) is 3.73. The number of aryl methyl sites for hydroxylation is 2. The van der Waals surface area contributed by atoms with E-state index in [2.05, 4.69) is 42.1 Å². The largest absolute Gasteiger partial charge is 0.331 e. The van der Waals surface area contributed by atoms with Crippen molar-refractivity contribution in [1.82, 2.24) is 14.9 Å². The van der Waals surface area contributed by atoms with Gasteiger partial charge < -0.3 is 9.88 Å². The van der Waals surface area contributed by atoms with Gasteiger partial charge in [-0.2, -0.15) is 0 Å². The molecule has 0 saturated heterocycles. The van der Waals surface area contributed by atoms with Crippen LogP contribution in [0.1, 0.15) is 32.0 Å². The number of imidazole rings is 1. The van der Waals surface area contributed by atoms with Crippen molar-refractivity contribution in [3.8, 4) is 0 Å². The molecule has 0 aliphatic carbocycles. The fourth-order valence-corrected chi connectivity index (χ4v) is 2.48. The normalized spacial score (nSPS) is 13.1. The molecule has 1 heterocycles. The topological polar surface area (TPSA) is 29.9 Å². The number of hydrogen-bond donors (Lipinski definition) is 1. The summed E-state index contributed by atoms with van der Waals surface area (Å²) >= 11 is 0. The van der Waals surface area contributed by atoms with E-state index in [0.717, 1.165) is 11.9 Å². The lowest BCUT2D eigenvalue weighted by Crippen LogP contribution is -2.24. The number of para-hydroxylation sites is 2. The second kappa shape index (κ2) is 6.01. The predicted octanol–water partition coefficient (Wildman–Crippen LogP) is 2.89. The van der Waals surface area contributed by atoms with Crippen molar-refractivity contribution in [2.45, 2.75) is 38.6 Å². The number of benzene rings is 1. The molecule has 1 atom stereocenters. The highest BCUT2D eigenvalue weighted by molar-refractivity contribution is 5.75. The Balaban J connectivity index is 2.01. The van der Waals surface area contributed by atoms with Crippen LogP contribution in [0.15, 0.2) is 24.3 Å². The smallest absolute Gasteiger partial charge is 0.109 e. The summed E-state index contributed by atoms with van der Waals surface area (Å²) in [5.41, 5.74) is 2.34. The number of aromatic nitrogens is 2. The van der Waals surface area contributed by atoms with Crippen LogP contribution < -0.4 is 5.32 Å². The minimum atomic E-state index is 0.639. The predicted molar refractivity (Wildman–Crippen MR) is 76.8 cm³/mol. The molecule has 1 N–H and O–H groups in total. The number of rotatable bonds is 6. The van der Waals surface area contributed by atoms with Gasteiger partial charge in [0.25, 0.3) is 0 Å². The molecule has 0 fully saturated rings. The van der Waals surface area contributed by atoms with Gasteiger partial charge in [-0.15, -0.1) is 0 Å². The number of nitrogens with one attached hydrogen (secondary N) is 1. The van der Waals surface area contributed by atoms with E-state index < -0.39 is 0 Å². The molecule has 0 saturated carbocycles. The fourth-order valence-electron chi connectivity index (χ4n) is 2.48. The van der Waals surface area contributed by atoms with Crippen molar-refractivity contribution in [3.63, 3.8) is 0 Å². The van der Waals surface area contributed by atoms with Gasteiger partial charge in [-0.05, 0) is 38.4 Å². The molecule has 3 heteroatoms. The molecule has 0 radical (unpaired) electrons. The molecule has 18 heavy (non-hydrogen) atoms. The molecule has 1 aromatic heterocycles. The minimum absolute atomic E-state index is 0.639. The lowest BCUT2D eigenvalue weighted by Gasteiger charge is -2.12. The lowest BCUT2D eigenvalue weighted by molar-refractivity contribution is 0.487. The molecule has 0 aliphatic rings. The Bertz CT molecular complexity index is 497. The number of nitrogens with zero attached hydrogens (tertiary/aromatic N) is 2. The van der Waals surface area contributed by atoms with Gasteiger partial charge in [0.1, 0.15) is 5.82 Å². The first kappa shape index (κ1) is 13.1. The van der Waals surface area contributed by atoms with Crippen LogP contribution in [0.4, 0.5) is 0 Å². The first-order valence-electron chi connectivity index (χ1n) is 6.83. The van der Waals surface area contributed by atoms with Crippen LogP contribution in [0.2, 0.25) is 0 Å². The highest BCUT2D eigenvalue weighted by Crippen LogP contribution is 2.16. The van der Waals surface area contributed by atoms with Crippen molar-refractivity contribution < 1.29 is 0 Å². The molecule has 2 rings (SSSR count). The van der Waals surface area contributed by atoms with E-state index in [1.165, 1.54) is 30.6 Å². The number of hydrogen-bond acceptors (Lipinski definition) is 2. The summed E-state index contributed by atoms with van der Waals surface area (Å²) in [5, 5.41) is 3.35. The summed E-state index contributed by atoms with van der Waals surface area (Å²) in [6.45, 7) is 2.23. The average molecular weight is 245 g/mol. The average Bonchev–Trinajstić information content (AvgIpc) is 2.72. The molecule has 0 amide bonds. The van der Waals surface area contributed by atoms with Crippen LogP contribution in [-0.2, 0) is 13.5 Å². The summed E-state index contributed by atoms with van der Waals surface area (Å²) in [7, 11) is 4.16. The summed E-state index contributed by atoms with van der Waals surface area (Å²) in [4.78, 5) is 4.70. The van der Waals surface area contributed by atoms with Crippen molar-refractivity contribution in [2.24, 2.45) is 7.05 Å². The summed E-state index contributed by atoms with van der Waals surface area (Å²) in [5.74, 6) is 1.20. The molecular weight excluding hydrogens is 222 g/mol. The molecule has 2 aromatic rings. The van der Waals surface area contributed by atoms with Crippen LogP contribution in [0.25, 0.3) is 11.0 Å². The van der Waals surface area contributed by atoms with E-state index in [0.29, 0.717) is 6.04 Å². The maximum Gasteiger partial charge on any atom is 0.109 e. The first-order valence-corrected chi connectivity index (χ1v) is 6.83. The van der Waals surface area contributed by atoms with Gasteiger partial charge in [0, 0.05) is 19.5 Å². The monoisotopic (exact) mass is 245 g/mol. The molecule has 3 nitrogen and oxygen atoms in total. The maximum atomic E-state index is 4.70. The molecule has 1 unspecified atom stereocenters. The Morgan fingerprint density at radius 3 is 2.78 bits per heavy atom. The van der Waals surface area contributed by atoms with Gasteiger partial charge in [-0.1, -0.05) is 19.1 Å². The second-order valence-corrected chi connectivity index (χ2v) is 4.86. The second-order valence-electron chi connectivity index (χ2n) is 4.86. The third kappa shape index (κ3) is 2.72. The number of fused-ring (bicyclic) bond motifs is 1. The summed E-state index contributed by atoms with van der Waals surface area (Å²) in [6.07, 6.45) is 4.66. The van der Waals surface area contributed by atoms with Crippen molar-refractivity contribution in [1.29, 1.82) is 0 Å². The highest BCUT2D eigenvalue weighted by Gasteiger charge is 2.08. The van der Waals surface area contributed by atoms with Gasteiger partial charge in [0.15, 0.2) is 0 Å². The van der Waals surface area contributed by atoms with E-state index in [1.54, 1.807) is 0 Å². The standard InChI is InChI=1S/C15H23N3/c1-4-12(16-2)8-7-11-15-17-13-9-5-6-10-14(13)18(15)3/h5-6,9-10,12,16H,4,7-8,11H2,1-3H3. The van der Waals surface area contributed by atoms with E-state index >= 15 is 0 Å². The van der Waals surface area contributed by atoms with E-state index in [1.807, 2.05) is 13.1 Å². The fraction of sp³-hybridized carbons (Fsp3) is 0.533. The molecule has 98 valence electrons. The minimum Gasteiger partial charge on any atom is -0.331 e. The Hall–Kier alpha value is -1.35. The summed E-state index contributed by atoms with van der Waals surface area (Å²) < 4.78 is 2.22. The van der Waals surface area contributed by atoms with Gasteiger partial charge >= 0.3 is 0 Å². The highest BCUT2D eigenvalue weighted by atomic mass is 15.1. The zero-order valence-corrected chi connectivity index (χ0v) is 11.6. The SMILES string of the molecule is CCC(CCCc1nc2ccccc2n1C)NC. The van der Waals surface area contributed by atoms with Crippen molar-refractivity contribution >= 4 is 11.0 Å². The molecule has 0 spiro atoms.